The fourth-order valence-corrected chi connectivity index (χ4v) is 1.80. The minimum absolute atomic E-state index is 0.721. The van der Waals surface area contributed by atoms with E-state index in [9.17, 15) is 25.2 Å². The molecule has 9 nitrogen and oxygen atoms in total. The highest BCUT2D eigenvalue weighted by Gasteiger charge is 2.54. The Bertz CT molecular complexity index is 311. The maximum Gasteiger partial charge on any atom is 0.254 e. The van der Waals surface area contributed by atoms with Crippen molar-refractivity contribution in [1.82, 2.24) is 0 Å². The van der Waals surface area contributed by atoms with Crippen molar-refractivity contribution in [3.8, 4) is 0 Å². The van der Waals surface area contributed by atoms with E-state index in [1.54, 1.807) is 0 Å². The third-order valence-electron chi connectivity index (χ3n) is 3.03. The lowest BCUT2D eigenvalue weighted by molar-refractivity contribution is -0.269. The standard InChI is InChI=1S/C9H17NO8/c10-8(16)9(17,2-12)7-6(15)5(14)4(13)3(1-11)18-7/h3-7,11-15,17H,1-2H2,(H2,10,16)/t3-,4-,5+,6-,7?,9?/m1/s1. The summed E-state index contributed by atoms with van der Waals surface area (Å²) in [5.74, 6) is -1.37. The number of ether oxygens (including phenoxy) is 1. The number of primary amides is 1. The summed E-state index contributed by atoms with van der Waals surface area (Å²) in [4.78, 5) is 11.1. The molecule has 1 heterocycles. The van der Waals surface area contributed by atoms with Crippen LogP contribution in [-0.4, -0.2) is 85.9 Å². The largest absolute Gasteiger partial charge is 0.394 e. The molecule has 9 heteroatoms. The Morgan fingerprint density at radius 3 is 2.11 bits per heavy atom. The van der Waals surface area contributed by atoms with Gasteiger partial charge in [0.15, 0.2) is 5.60 Å². The minimum atomic E-state index is -2.63. The number of aliphatic hydroxyl groups excluding tert-OH is 5. The molecular weight excluding hydrogens is 250 g/mol. The van der Waals surface area contributed by atoms with Crippen molar-refractivity contribution in [3.05, 3.63) is 0 Å². The van der Waals surface area contributed by atoms with Crippen molar-refractivity contribution >= 4 is 5.91 Å². The normalized spacial score (nSPS) is 40.2. The van der Waals surface area contributed by atoms with E-state index in [0.29, 0.717) is 0 Å². The highest BCUT2D eigenvalue weighted by molar-refractivity contribution is 5.84. The van der Waals surface area contributed by atoms with E-state index in [1.165, 1.54) is 0 Å². The number of rotatable bonds is 4. The quantitative estimate of drug-likeness (QED) is 0.265. The van der Waals surface area contributed by atoms with Crippen LogP contribution in [0.4, 0.5) is 0 Å². The maximum absolute atomic E-state index is 11.1. The van der Waals surface area contributed by atoms with E-state index in [-0.39, 0.29) is 0 Å². The van der Waals surface area contributed by atoms with Crippen LogP contribution < -0.4 is 5.73 Å². The molecule has 106 valence electrons. The highest BCUT2D eigenvalue weighted by Crippen LogP contribution is 2.28. The Hall–Kier alpha value is -0.810. The smallest absolute Gasteiger partial charge is 0.254 e. The summed E-state index contributed by atoms with van der Waals surface area (Å²) in [6.07, 6.45) is -8.32. The summed E-state index contributed by atoms with van der Waals surface area (Å²) in [5, 5.41) is 56.3. The fourth-order valence-electron chi connectivity index (χ4n) is 1.80. The molecule has 1 fully saturated rings. The van der Waals surface area contributed by atoms with E-state index < -0.39 is 55.2 Å². The molecule has 1 rings (SSSR count). The molecule has 1 saturated heterocycles. The molecule has 0 spiro atoms. The molecule has 0 aromatic carbocycles. The molecule has 0 aromatic rings. The highest BCUT2D eigenvalue weighted by atomic mass is 16.6. The number of carbonyl (C=O) groups excluding carboxylic acids is 1. The number of aliphatic hydroxyl groups is 6. The lowest BCUT2D eigenvalue weighted by Crippen LogP contribution is -2.69. The van der Waals surface area contributed by atoms with Crippen LogP contribution >= 0.6 is 0 Å². The van der Waals surface area contributed by atoms with Gasteiger partial charge in [-0.25, -0.2) is 0 Å². The second-order valence-electron chi connectivity index (χ2n) is 4.20. The van der Waals surface area contributed by atoms with Gasteiger partial charge < -0.3 is 41.1 Å². The minimum Gasteiger partial charge on any atom is -0.394 e. The number of carbonyl (C=O) groups is 1. The van der Waals surface area contributed by atoms with Gasteiger partial charge in [-0.3, -0.25) is 4.79 Å². The van der Waals surface area contributed by atoms with Gasteiger partial charge >= 0.3 is 0 Å². The van der Waals surface area contributed by atoms with Crippen molar-refractivity contribution in [2.24, 2.45) is 5.73 Å². The fraction of sp³-hybridized carbons (Fsp3) is 0.889. The predicted molar refractivity (Wildman–Crippen MR) is 55.0 cm³/mol. The first-order chi connectivity index (χ1) is 8.29. The molecule has 6 atom stereocenters. The Balaban J connectivity index is 3.04. The van der Waals surface area contributed by atoms with Gasteiger partial charge in [-0.1, -0.05) is 0 Å². The first-order valence-corrected chi connectivity index (χ1v) is 5.23. The van der Waals surface area contributed by atoms with Crippen LogP contribution in [0.1, 0.15) is 0 Å². The van der Waals surface area contributed by atoms with E-state index in [2.05, 4.69) is 0 Å². The molecule has 1 aliphatic rings. The average molecular weight is 267 g/mol. The molecular formula is C9H17NO8. The van der Waals surface area contributed by atoms with Crippen LogP contribution in [0.15, 0.2) is 0 Å². The summed E-state index contributed by atoms with van der Waals surface area (Å²) in [7, 11) is 0. The topological polar surface area (TPSA) is 174 Å². The Morgan fingerprint density at radius 1 is 1.17 bits per heavy atom. The van der Waals surface area contributed by atoms with Crippen LogP contribution in [-0.2, 0) is 9.53 Å². The molecule has 0 bridgehead atoms. The maximum atomic E-state index is 11.1. The van der Waals surface area contributed by atoms with Gasteiger partial charge in [-0.15, -0.1) is 0 Å². The molecule has 1 aliphatic heterocycles. The van der Waals surface area contributed by atoms with Crippen molar-refractivity contribution in [2.75, 3.05) is 13.2 Å². The summed E-state index contributed by atoms with van der Waals surface area (Å²) in [6.45, 7) is -1.87. The van der Waals surface area contributed by atoms with E-state index in [0.717, 1.165) is 0 Å². The lowest BCUT2D eigenvalue weighted by atomic mass is 9.85. The zero-order chi connectivity index (χ0) is 14.1. The van der Waals surface area contributed by atoms with Crippen molar-refractivity contribution in [2.45, 2.75) is 36.1 Å². The summed E-state index contributed by atoms with van der Waals surface area (Å²) in [6, 6.07) is 0. The van der Waals surface area contributed by atoms with E-state index in [1.807, 2.05) is 0 Å². The number of hydrogen-bond acceptors (Lipinski definition) is 8. The third-order valence-corrected chi connectivity index (χ3v) is 3.03. The predicted octanol–water partition coefficient (Wildman–Crippen LogP) is -4.96. The molecule has 18 heavy (non-hydrogen) atoms. The molecule has 0 aromatic heterocycles. The summed E-state index contributed by atoms with van der Waals surface area (Å²) in [5.41, 5.74) is 2.26. The van der Waals surface area contributed by atoms with Gasteiger partial charge in [0.05, 0.1) is 13.2 Å². The number of amides is 1. The first kappa shape index (κ1) is 15.2. The Kier molecular flexibility index (Phi) is 4.61. The molecule has 0 radical (unpaired) electrons. The van der Waals surface area contributed by atoms with Crippen molar-refractivity contribution in [1.29, 1.82) is 0 Å². The van der Waals surface area contributed by atoms with Gasteiger partial charge in [0.1, 0.15) is 30.5 Å². The molecule has 0 saturated carbocycles. The SMILES string of the molecule is NC(=O)C(O)(CO)C1O[C@H](CO)[C@@H](O)[C@H](O)[C@H]1O. The average Bonchev–Trinajstić information content (AvgIpc) is 2.35. The lowest BCUT2D eigenvalue weighted by Gasteiger charge is -2.44. The van der Waals surface area contributed by atoms with Gasteiger partial charge in [-0.05, 0) is 0 Å². The number of nitrogens with two attached hydrogens (primary N) is 1. The summed E-state index contributed by atoms with van der Waals surface area (Å²) >= 11 is 0. The van der Waals surface area contributed by atoms with Crippen LogP contribution in [0.5, 0.6) is 0 Å². The van der Waals surface area contributed by atoms with E-state index >= 15 is 0 Å². The van der Waals surface area contributed by atoms with Crippen molar-refractivity contribution < 1.29 is 40.2 Å². The van der Waals surface area contributed by atoms with Crippen LogP contribution in [0, 0.1) is 0 Å². The number of hydrogen-bond donors (Lipinski definition) is 7. The van der Waals surface area contributed by atoms with Gasteiger partial charge in [0.25, 0.3) is 5.91 Å². The van der Waals surface area contributed by atoms with Gasteiger partial charge in [0, 0.05) is 0 Å². The Morgan fingerprint density at radius 2 is 1.72 bits per heavy atom. The molecule has 1 amide bonds. The third kappa shape index (κ3) is 2.34. The van der Waals surface area contributed by atoms with Crippen LogP contribution in [0.3, 0.4) is 0 Å². The Labute approximate surface area is 102 Å². The van der Waals surface area contributed by atoms with E-state index in [4.69, 9.17) is 20.7 Å². The van der Waals surface area contributed by atoms with Gasteiger partial charge in [-0.2, -0.15) is 0 Å². The van der Waals surface area contributed by atoms with Crippen molar-refractivity contribution in [3.63, 3.8) is 0 Å². The summed E-state index contributed by atoms with van der Waals surface area (Å²) < 4.78 is 4.93. The second kappa shape index (κ2) is 5.45. The molecule has 8 N–H and O–H groups in total. The molecule has 0 aliphatic carbocycles. The van der Waals surface area contributed by atoms with Gasteiger partial charge in [0.2, 0.25) is 0 Å². The zero-order valence-electron chi connectivity index (χ0n) is 9.38. The molecule has 2 unspecified atom stereocenters. The zero-order valence-corrected chi connectivity index (χ0v) is 9.38. The monoisotopic (exact) mass is 267 g/mol. The second-order valence-corrected chi connectivity index (χ2v) is 4.20. The van der Waals surface area contributed by atoms with Crippen LogP contribution in [0.25, 0.3) is 0 Å². The van der Waals surface area contributed by atoms with Crippen LogP contribution in [0.2, 0.25) is 0 Å². The first-order valence-electron chi connectivity index (χ1n) is 5.23.